The van der Waals surface area contributed by atoms with Crippen LogP contribution in [0.4, 0.5) is 31.1 Å². The van der Waals surface area contributed by atoms with Crippen molar-refractivity contribution in [3.05, 3.63) is 35.9 Å². The number of alkyl halides is 6. The Labute approximate surface area is 432 Å². The van der Waals surface area contributed by atoms with Crippen LogP contribution in [-0.4, -0.2) is 185 Å². The normalized spacial score (nSPS) is 36.5. The average Bonchev–Trinajstić information content (AvgIpc) is 3.31. The van der Waals surface area contributed by atoms with Gasteiger partial charge in [-0.3, -0.25) is 9.59 Å². The second-order valence-corrected chi connectivity index (χ2v) is 20.2. The number of esters is 1. The topological polar surface area (TPSA) is 276 Å². The summed E-state index contributed by atoms with van der Waals surface area (Å²) < 4.78 is 113. The third kappa shape index (κ3) is 19.3. The number of halogens is 6. The largest absolute Gasteiger partial charge is 0.509 e. The summed E-state index contributed by atoms with van der Waals surface area (Å²) >= 11 is 0. The molecule has 6 N–H and O–H groups in total. The van der Waals surface area contributed by atoms with Gasteiger partial charge in [-0.15, -0.1) is 0 Å². The molecule has 0 aliphatic carbocycles. The van der Waals surface area contributed by atoms with Gasteiger partial charge in [0, 0.05) is 25.5 Å². The molecule has 432 valence electrons. The molecule has 0 bridgehead atoms. The molecule has 0 unspecified atom stereocenters. The maximum atomic E-state index is 14.4. The van der Waals surface area contributed by atoms with Crippen molar-refractivity contribution in [2.75, 3.05) is 27.7 Å². The molecule has 4 rings (SSSR count). The van der Waals surface area contributed by atoms with E-state index in [1.807, 2.05) is 63.2 Å². The number of nitrogens with zero attached hydrogens (tertiary/aromatic N) is 1. The average molecular weight is 1100 g/mol. The number of cyclic esters (lactones) is 1. The molecule has 0 amide bonds. The summed E-state index contributed by atoms with van der Waals surface area (Å²) in [5.41, 5.74) is -4.00. The van der Waals surface area contributed by atoms with Crippen molar-refractivity contribution in [3.63, 3.8) is 0 Å². The fraction of sp³-hybridized carbons (Fsp3) is 0.776. The monoisotopic (exact) mass is 1090 g/mol. The van der Waals surface area contributed by atoms with E-state index in [2.05, 4.69) is 5.32 Å². The second-order valence-electron chi connectivity index (χ2n) is 20.2. The van der Waals surface area contributed by atoms with Gasteiger partial charge in [-0.1, -0.05) is 51.1 Å². The summed E-state index contributed by atoms with van der Waals surface area (Å²) in [6.07, 6.45) is -19.6. The third-order valence-electron chi connectivity index (χ3n) is 13.4. The van der Waals surface area contributed by atoms with E-state index in [0.717, 1.165) is 5.56 Å². The first-order chi connectivity index (χ1) is 34.3. The minimum absolute atomic E-state index is 0.00652. The Kier molecular flexibility index (Phi) is 24.9. The first-order valence-corrected chi connectivity index (χ1v) is 24.3. The summed E-state index contributed by atoms with van der Waals surface area (Å²) in [5, 5.41) is 53.4. The Bertz CT molecular complexity index is 1970. The minimum atomic E-state index is -5.08. The maximum Gasteiger partial charge on any atom is 0.509 e. The van der Waals surface area contributed by atoms with Gasteiger partial charge in [-0.25, -0.2) is 14.4 Å². The van der Waals surface area contributed by atoms with Crippen LogP contribution in [0.15, 0.2) is 30.3 Å². The van der Waals surface area contributed by atoms with Crippen molar-refractivity contribution in [2.24, 2.45) is 17.8 Å². The predicted octanol–water partition coefficient (Wildman–Crippen LogP) is 5.39. The lowest BCUT2D eigenvalue weighted by atomic mass is 9.77. The number of carboxylic acid groups (broad SMARTS) is 2. The highest BCUT2D eigenvalue weighted by molar-refractivity contribution is 5.91. The predicted molar refractivity (Wildman–Crippen MR) is 251 cm³/mol. The molecule has 3 aliphatic heterocycles. The van der Waals surface area contributed by atoms with Crippen molar-refractivity contribution in [3.8, 4) is 0 Å². The molecular formula is C49H76F6N2O18. The molecule has 17 atom stereocenters. The lowest BCUT2D eigenvalue weighted by molar-refractivity contribution is -0.308. The van der Waals surface area contributed by atoms with Crippen molar-refractivity contribution in [1.29, 1.82) is 0 Å². The number of carbonyl (C=O) groups is 5. The summed E-state index contributed by atoms with van der Waals surface area (Å²) in [6, 6.07) is 8.18. The fourth-order valence-corrected chi connectivity index (χ4v) is 9.19. The zero-order chi connectivity index (χ0) is 57.8. The Morgan fingerprint density at radius 2 is 1.40 bits per heavy atom. The van der Waals surface area contributed by atoms with Crippen molar-refractivity contribution >= 4 is 29.8 Å². The van der Waals surface area contributed by atoms with E-state index < -0.39 is 126 Å². The van der Waals surface area contributed by atoms with Gasteiger partial charge in [0.2, 0.25) is 0 Å². The number of likely N-dealkylation sites (N-methyl/N-ethyl adjacent to an activating group) is 1. The van der Waals surface area contributed by atoms with Gasteiger partial charge in [-0.2, -0.15) is 26.3 Å². The van der Waals surface area contributed by atoms with Crippen LogP contribution >= 0.6 is 0 Å². The van der Waals surface area contributed by atoms with Crippen LogP contribution in [0.1, 0.15) is 100 Å². The Balaban J connectivity index is 0.00000120. The van der Waals surface area contributed by atoms with E-state index >= 15 is 0 Å². The molecule has 3 aliphatic rings. The molecule has 26 heteroatoms. The summed E-state index contributed by atoms with van der Waals surface area (Å²) in [4.78, 5) is 60.7. The number of rotatable bonds is 10. The molecule has 0 aromatic heterocycles. The molecule has 0 saturated carbocycles. The number of aliphatic hydroxyl groups excluding tert-OH is 1. The molecule has 75 heavy (non-hydrogen) atoms. The number of ketones is 1. The highest BCUT2D eigenvalue weighted by Crippen LogP contribution is 2.40. The van der Waals surface area contributed by atoms with Crippen LogP contribution < -0.4 is 5.32 Å². The Hall–Kier alpha value is -4.25. The van der Waals surface area contributed by atoms with Gasteiger partial charge >= 0.3 is 36.4 Å². The molecule has 0 radical (unpaired) electrons. The first-order valence-electron chi connectivity index (χ1n) is 24.3. The fourth-order valence-electron chi connectivity index (χ4n) is 9.19. The highest BCUT2D eigenvalue weighted by Gasteiger charge is 2.53. The number of benzene rings is 1. The van der Waals surface area contributed by atoms with Gasteiger partial charge in [0.05, 0.1) is 35.9 Å². The third-order valence-corrected chi connectivity index (χ3v) is 13.4. The number of nitrogens with one attached hydrogen (secondary N) is 1. The SMILES string of the molecule is CC[C@H]1OC(=O)[C@H](C)[C@@H](O[C@H]2C[C@@](C)(OC)C(=O)[C@H](C)O2)[C@H](C)[C@@H](O[C@@H]2O[C@H](C)C[C@H](N(C)C)[C@H]2OC(=O)OCc2ccccc2)[C@](C)(O)C[C@@H](C)CN[C@H](C)[C@@H](O)[C@]1(C)O.O=C(O)C(F)(F)F.O=C(O)C(F)(F)F. The number of aliphatic carboxylic acids is 2. The van der Waals surface area contributed by atoms with Gasteiger partial charge in [0.1, 0.15) is 36.1 Å². The van der Waals surface area contributed by atoms with Crippen LogP contribution in [0, 0.1) is 17.8 Å². The van der Waals surface area contributed by atoms with Gasteiger partial charge in [0.25, 0.3) is 0 Å². The Morgan fingerprint density at radius 3 is 1.89 bits per heavy atom. The van der Waals surface area contributed by atoms with Gasteiger partial charge in [-0.05, 0) is 99.9 Å². The molecule has 3 fully saturated rings. The standard InChI is InChI=1S/C45H74N2O14.2C2HF3O2/c1-14-33-45(10,53)37(48)29(6)46-23-25(2)21-43(8,52)39(27(4)35(28(5)40(50)58-33)59-34-22-44(9,54-13)38(49)30(7)57-34)61-41-36(32(47(11)12)20-26(3)56-41)60-42(51)55-24-31-18-16-15-17-19-31;2*3-2(4,5)1(6)7/h15-19,25-30,32-37,39,41,46,48,52-53H,14,20-24H2,1-13H3;2*(H,6,7)/t25-,26-,27+,28-,29-,30+,32+,33-,34+,35+,36-,37-,39-,41+,43-,44-,45-;;/m1../s1. The first kappa shape index (κ1) is 66.9. The lowest BCUT2D eigenvalue weighted by Crippen LogP contribution is -2.61. The maximum absolute atomic E-state index is 14.4. The van der Waals surface area contributed by atoms with Crippen LogP contribution in [0.3, 0.4) is 0 Å². The molecule has 20 nitrogen and oxygen atoms in total. The summed E-state index contributed by atoms with van der Waals surface area (Å²) in [7, 11) is 5.16. The minimum Gasteiger partial charge on any atom is -0.475 e. The zero-order valence-corrected chi connectivity index (χ0v) is 44.5. The van der Waals surface area contributed by atoms with Crippen molar-refractivity contribution in [1.82, 2.24) is 10.2 Å². The van der Waals surface area contributed by atoms with Crippen LogP contribution in [-0.2, 0) is 63.7 Å². The van der Waals surface area contributed by atoms with E-state index in [1.54, 1.807) is 48.5 Å². The van der Waals surface area contributed by atoms with E-state index in [-0.39, 0.29) is 43.7 Å². The number of Topliss-reactive ketones (excluding diaryl/α,β-unsaturated/α-hetero) is 1. The number of carbonyl (C=O) groups excluding carboxylic acids is 3. The number of ether oxygens (including phenoxy) is 8. The summed E-state index contributed by atoms with van der Waals surface area (Å²) in [6.45, 7) is 17.3. The number of methoxy groups -OCH3 is 1. The second kappa shape index (κ2) is 27.9. The van der Waals surface area contributed by atoms with Crippen molar-refractivity contribution < 1.29 is 114 Å². The molecular weight excluding hydrogens is 1020 g/mol. The van der Waals surface area contributed by atoms with Crippen molar-refractivity contribution in [2.45, 2.75) is 198 Å². The number of aliphatic hydroxyl groups is 3. The van der Waals surface area contributed by atoms with Crippen LogP contribution in [0.2, 0.25) is 0 Å². The molecule has 3 heterocycles. The van der Waals surface area contributed by atoms with Gasteiger partial charge in [0.15, 0.2) is 24.5 Å². The lowest BCUT2D eigenvalue weighted by Gasteiger charge is -2.48. The smallest absolute Gasteiger partial charge is 0.475 e. The molecule has 0 spiro atoms. The molecule has 3 saturated heterocycles. The number of carboxylic acids is 2. The Morgan fingerprint density at radius 1 is 0.853 bits per heavy atom. The van der Waals surface area contributed by atoms with E-state index in [0.29, 0.717) is 13.0 Å². The molecule has 1 aromatic carbocycles. The van der Waals surface area contributed by atoms with Gasteiger partial charge < -0.3 is 73.6 Å². The summed E-state index contributed by atoms with van der Waals surface area (Å²) in [5.74, 6) is -8.71. The van der Waals surface area contributed by atoms with E-state index in [4.69, 9.17) is 57.7 Å². The zero-order valence-electron chi connectivity index (χ0n) is 44.5. The van der Waals surface area contributed by atoms with E-state index in [9.17, 15) is 56.0 Å². The van der Waals surface area contributed by atoms with E-state index in [1.165, 1.54) is 14.0 Å². The molecule has 1 aromatic rings. The quantitative estimate of drug-likeness (QED) is 0.126. The van der Waals surface area contributed by atoms with Crippen LogP contribution in [0.5, 0.6) is 0 Å². The number of hydrogen-bond acceptors (Lipinski definition) is 18. The number of hydrogen-bond donors (Lipinski definition) is 6. The highest BCUT2D eigenvalue weighted by atomic mass is 19.4. The van der Waals surface area contributed by atoms with Crippen LogP contribution in [0.25, 0.3) is 0 Å².